The normalized spacial score (nSPS) is 17.0. The first-order chi connectivity index (χ1) is 11.3. The number of imidazole rings is 1. The minimum Gasteiger partial charge on any atom is -0.481 e. The molecule has 0 amide bonds. The molecule has 3 rings (SSSR count). The number of para-hydroxylation sites is 1. The van der Waals surface area contributed by atoms with Crippen LogP contribution in [0.5, 0.6) is 5.75 Å². The van der Waals surface area contributed by atoms with E-state index in [1.165, 1.54) is 0 Å². The number of fused-ring (bicyclic) bond motifs is 1. The number of halogens is 1. The van der Waals surface area contributed by atoms with Crippen molar-refractivity contribution in [2.75, 3.05) is 6.35 Å². The maximum atomic E-state index is 11.0. The average Bonchev–Trinajstić information content (AvgIpc) is 2.89. The molecule has 5 N–H and O–H groups in total. The third-order valence-corrected chi connectivity index (χ3v) is 4.06. The van der Waals surface area contributed by atoms with Gasteiger partial charge >= 0.3 is 7.60 Å². The highest BCUT2D eigenvalue weighted by molar-refractivity contribution is 7.51. The summed E-state index contributed by atoms with van der Waals surface area (Å²) in [5.74, 6) is 1.09. The fourth-order valence-electron chi connectivity index (χ4n) is 2.26. The Kier molecular flexibility index (Phi) is 4.51. The molecule has 1 aliphatic heterocycles. The van der Waals surface area contributed by atoms with Gasteiger partial charge < -0.3 is 30.1 Å². The van der Waals surface area contributed by atoms with Gasteiger partial charge in [0.15, 0.2) is 23.6 Å². The van der Waals surface area contributed by atoms with E-state index in [1.54, 1.807) is 35.2 Å². The molecule has 1 atom stereocenters. The zero-order valence-corrected chi connectivity index (χ0v) is 14.0. The molecule has 1 aromatic carbocycles. The second-order valence-corrected chi connectivity index (χ2v) is 7.16. The SMILES string of the molecule is NC1=Nc2c(ncn2Cc2ccccc2OCP(=O)(O)O)C(Cl)N1. The van der Waals surface area contributed by atoms with E-state index < -0.39 is 19.4 Å². The van der Waals surface area contributed by atoms with Crippen molar-refractivity contribution in [2.45, 2.75) is 12.0 Å². The smallest absolute Gasteiger partial charge is 0.362 e. The number of guanidine groups is 1. The summed E-state index contributed by atoms with van der Waals surface area (Å²) in [5, 5.41) is 2.77. The number of hydrogen-bond donors (Lipinski definition) is 4. The van der Waals surface area contributed by atoms with Crippen LogP contribution in [0.4, 0.5) is 5.82 Å². The summed E-state index contributed by atoms with van der Waals surface area (Å²) in [4.78, 5) is 26.3. The van der Waals surface area contributed by atoms with Crippen LogP contribution in [0.1, 0.15) is 16.8 Å². The number of aromatic nitrogens is 2. The summed E-state index contributed by atoms with van der Waals surface area (Å²) in [6, 6.07) is 6.94. The monoisotopic (exact) mass is 371 g/mol. The maximum Gasteiger partial charge on any atom is 0.362 e. The molecule has 0 aliphatic carbocycles. The van der Waals surface area contributed by atoms with Crippen LogP contribution in [-0.2, 0) is 11.1 Å². The van der Waals surface area contributed by atoms with E-state index in [1.807, 2.05) is 0 Å². The molecule has 1 unspecified atom stereocenters. The summed E-state index contributed by atoms with van der Waals surface area (Å²) in [6.45, 7) is 0.333. The van der Waals surface area contributed by atoms with E-state index in [-0.39, 0.29) is 5.96 Å². The molecule has 0 saturated heterocycles. The molecule has 0 spiro atoms. The molecule has 1 aliphatic rings. The van der Waals surface area contributed by atoms with Crippen molar-refractivity contribution in [3.8, 4) is 5.75 Å². The summed E-state index contributed by atoms with van der Waals surface area (Å²) in [7, 11) is -4.26. The van der Waals surface area contributed by atoms with Gasteiger partial charge in [0.25, 0.3) is 0 Å². The van der Waals surface area contributed by atoms with E-state index in [2.05, 4.69) is 15.3 Å². The van der Waals surface area contributed by atoms with Gasteiger partial charge in [-0.05, 0) is 6.07 Å². The Morgan fingerprint density at radius 2 is 2.17 bits per heavy atom. The summed E-state index contributed by atoms with van der Waals surface area (Å²) < 4.78 is 18.0. The molecule has 0 saturated carbocycles. The lowest BCUT2D eigenvalue weighted by atomic mass is 10.2. The molecule has 0 bridgehead atoms. The van der Waals surface area contributed by atoms with Crippen LogP contribution in [0.15, 0.2) is 35.6 Å². The number of nitrogens with one attached hydrogen (secondary N) is 1. The Morgan fingerprint density at radius 1 is 1.42 bits per heavy atom. The Morgan fingerprint density at radius 3 is 2.92 bits per heavy atom. The average molecular weight is 372 g/mol. The molecule has 1 aromatic heterocycles. The lowest BCUT2D eigenvalue weighted by Crippen LogP contribution is -2.35. The zero-order chi connectivity index (χ0) is 17.3. The molecule has 0 fully saturated rings. The second-order valence-electron chi connectivity index (χ2n) is 5.13. The number of rotatable bonds is 5. The molecule has 9 nitrogen and oxygen atoms in total. The first-order valence-electron chi connectivity index (χ1n) is 6.88. The van der Waals surface area contributed by atoms with Gasteiger partial charge in [-0.2, -0.15) is 4.99 Å². The predicted molar refractivity (Wildman–Crippen MR) is 88.3 cm³/mol. The Hall–Kier alpha value is -2.06. The minimum atomic E-state index is -4.26. The van der Waals surface area contributed by atoms with Crippen LogP contribution >= 0.6 is 19.2 Å². The lowest BCUT2D eigenvalue weighted by molar-refractivity contribution is 0.298. The largest absolute Gasteiger partial charge is 0.481 e. The Labute approximate surface area is 142 Å². The highest BCUT2D eigenvalue weighted by Gasteiger charge is 2.24. The Balaban J connectivity index is 1.87. The van der Waals surface area contributed by atoms with Crippen molar-refractivity contribution < 1.29 is 19.1 Å². The van der Waals surface area contributed by atoms with Gasteiger partial charge in [0.05, 0.1) is 12.9 Å². The highest BCUT2D eigenvalue weighted by Crippen LogP contribution is 2.36. The molecule has 2 heterocycles. The van der Waals surface area contributed by atoms with Gasteiger partial charge in [0.1, 0.15) is 11.4 Å². The van der Waals surface area contributed by atoms with Crippen LogP contribution in [-0.4, -0.2) is 31.6 Å². The molecule has 11 heteroatoms. The van der Waals surface area contributed by atoms with Crippen molar-refractivity contribution in [3.05, 3.63) is 41.9 Å². The maximum absolute atomic E-state index is 11.0. The molecular formula is C13H15ClN5O4P. The fourth-order valence-corrected chi connectivity index (χ4v) is 2.84. The number of alkyl halides is 1. The summed E-state index contributed by atoms with van der Waals surface area (Å²) in [6.07, 6.45) is 0.883. The van der Waals surface area contributed by atoms with Crippen LogP contribution in [0.2, 0.25) is 0 Å². The quantitative estimate of drug-likeness (QED) is 0.352. The van der Waals surface area contributed by atoms with E-state index >= 15 is 0 Å². The molecular weight excluding hydrogens is 357 g/mol. The number of ether oxygens (including phenoxy) is 1. The zero-order valence-electron chi connectivity index (χ0n) is 12.3. The van der Waals surface area contributed by atoms with Crippen LogP contribution in [0, 0.1) is 0 Å². The minimum absolute atomic E-state index is 0.190. The van der Waals surface area contributed by atoms with E-state index in [0.29, 0.717) is 29.4 Å². The van der Waals surface area contributed by atoms with Crippen LogP contribution in [0.25, 0.3) is 0 Å². The third kappa shape index (κ3) is 3.70. The molecule has 128 valence electrons. The second kappa shape index (κ2) is 6.45. The predicted octanol–water partition coefficient (Wildman–Crippen LogP) is 1.23. The topological polar surface area (TPSA) is 135 Å². The number of nitrogens with zero attached hydrogens (tertiary/aromatic N) is 3. The lowest BCUT2D eigenvalue weighted by Gasteiger charge is -2.18. The fraction of sp³-hybridized carbons (Fsp3) is 0.231. The van der Waals surface area contributed by atoms with Gasteiger partial charge in [-0.25, -0.2) is 4.98 Å². The van der Waals surface area contributed by atoms with Gasteiger partial charge in [0.2, 0.25) is 0 Å². The van der Waals surface area contributed by atoms with Crippen molar-refractivity contribution >= 4 is 31.0 Å². The first-order valence-corrected chi connectivity index (χ1v) is 9.12. The Bertz CT molecular complexity index is 834. The third-order valence-electron chi connectivity index (χ3n) is 3.28. The van der Waals surface area contributed by atoms with E-state index in [0.717, 1.165) is 0 Å². The van der Waals surface area contributed by atoms with E-state index in [4.69, 9.17) is 31.9 Å². The van der Waals surface area contributed by atoms with Gasteiger partial charge in [-0.1, -0.05) is 29.8 Å². The van der Waals surface area contributed by atoms with Crippen LogP contribution < -0.4 is 15.8 Å². The van der Waals surface area contributed by atoms with Gasteiger partial charge in [-0.15, -0.1) is 0 Å². The van der Waals surface area contributed by atoms with Gasteiger partial charge in [0, 0.05) is 5.56 Å². The van der Waals surface area contributed by atoms with E-state index in [9.17, 15) is 4.57 Å². The molecule has 0 radical (unpaired) electrons. The first kappa shape index (κ1) is 16.8. The highest BCUT2D eigenvalue weighted by atomic mass is 35.5. The van der Waals surface area contributed by atoms with Gasteiger partial charge in [-0.3, -0.25) is 4.57 Å². The van der Waals surface area contributed by atoms with Crippen molar-refractivity contribution in [1.82, 2.24) is 14.9 Å². The van der Waals surface area contributed by atoms with Crippen molar-refractivity contribution in [3.63, 3.8) is 0 Å². The summed E-state index contributed by atoms with van der Waals surface area (Å²) >= 11 is 6.13. The standard InChI is InChI=1S/C13H15ClN5O4P/c14-11-10-12(18-13(15)17-11)19(6-16-10)5-8-3-1-2-4-9(8)23-7-24(20,21)22/h1-4,6,11H,5,7H2,(H3,15,17,18)(H2,20,21,22). The molecule has 2 aromatic rings. The number of nitrogens with two attached hydrogens (primary N) is 1. The van der Waals surface area contributed by atoms with Crippen molar-refractivity contribution in [2.24, 2.45) is 10.7 Å². The summed E-state index contributed by atoms with van der Waals surface area (Å²) in [5.41, 5.74) is 6.39. The number of hydrogen-bond acceptors (Lipinski definition) is 6. The number of aliphatic imine (C=N–C) groups is 1. The van der Waals surface area contributed by atoms with Crippen molar-refractivity contribution in [1.29, 1.82) is 0 Å². The number of benzene rings is 1. The molecule has 24 heavy (non-hydrogen) atoms. The van der Waals surface area contributed by atoms with Crippen LogP contribution in [0.3, 0.4) is 0 Å².